The molecule has 0 saturated carbocycles. The van der Waals surface area contributed by atoms with E-state index >= 15 is 0 Å². The minimum atomic E-state index is -0.318. The van der Waals surface area contributed by atoms with E-state index in [-0.39, 0.29) is 17.9 Å². The van der Waals surface area contributed by atoms with Crippen LogP contribution >= 0.6 is 0 Å². The lowest BCUT2D eigenvalue weighted by Gasteiger charge is -2.39. The highest BCUT2D eigenvalue weighted by molar-refractivity contribution is 6.02. The van der Waals surface area contributed by atoms with Gasteiger partial charge in [-0.1, -0.05) is 12.1 Å². The van der Waals surface area contributed by atoms with Crippen LogP contribution in [0, 0.1) is 6.92 Å². The van der Waals surface area contributed by atoms with Crippen molar-refractivity contribution >= 4 is 22.7 Å². The van der Waals surface area contributed by atoms with Gasteiger partial charge < -0.3 is 19.5 Å². The minimum absolute atomic E-state index is 0.0139. The van der Waals surface area contributed by atoms with E-state index in [1.807, 2.05) is 37.1 Å². The summed E-state index contributed by atoms with van der Waals surface area (Å²) in [7, 11) is 7.02. The van der Waals surface area contributed by atoms with Crippen molar-refractivity contribution in [2.75, 3.05) is 47.9 Å². The lowest BCUT2D eigenvalue weighted by Crippen LogP contribution is -2.58. The van der Waals surface area contributed by atoms with Crippen molar-refractivity contribution < 1.29 is 14.3 Å². The lowest BCUT2D eigenvalue weighted by atomic mass is 10.1. The maximum atomic E-state index is 13.1. The zero-order chi connectivity index (χ0) is 19.0. The van der Waals surface area contributed by atoms with Gasteiger partial charge in [0.25, 0.3) is 5.91 Å². The second-order valence-electron chi connectivity index (χ2n) is 6.99. The van der Waals surface area contributed by atoms with Gasteiger partial charge in [0.05, 0.1) is 12.6 Å². The van der Waals surface area contributed by atoms with E-state index in [0.29, 0.717) is 31.1 Å². The van der Waals surface area contributed by atoms with E-state index in [2.05, 4.69) is 4.98 Å². The smallest absolute Gasteiger partial charge is 0.270 e. The third kappa shape index (κ3) is 3.03. The molecule has 7 heteroatoms. The van der Waals surface area contributed by atoms with Crippen LogP contribution in [0.5, 0.6) is 5.75 Å². The highest BCUT2D eigenvalue weighted by Crippen LogP contribution is 2.30. The second-order valence-corrected chi connectivity index (χ2v) is 6.99. The quantitative estimate of drug-likeness (QED) is 0.899. The van der Waals surface area contributed by atoms with Gasteiger partial charge in [-0.05, 0) is 25.6 Å². The van der Waals surface area contributed by atoms with Crippen molar-refractivity contribution in [3.05, 3.63) is 29.5 Å². The number of para-hydroxylation sites is 1. The Morgan fingerprint density at radius 2 is 2.00 bits per heavy atom. The molecular weight excluding hydrogens is 332 g/mol. The number of methoxy groups -OCH3 is 1. The molecule has 2 amide bonds. The van der Waals surface area contributed by atoms with Gasteiger partial charge in [-0.2, -0.15) is 0 Å². The summed E-state index contributed by atoms with van der Waals surface area (Å²) in [6.45, 7) is 3.58. The fourth-order valence-electron chi connectivity index (χ4n) is 3.49. The first kappa shape index (κ1) is 18.3. The second kappa shape index (κ2) is 6.99. The van der Waals surface area contributed by atoms with Crippen molar-refractivity contribution in [2.45, 2.75) is 13.0 Å². The molecule has 1 aliphatic heterocycles. The monoisotopic (exact) mass is 358 g/mol. The fourth-order valence-corrected chi connectivity index (χ4v) is 3.49. The summed E-state index contributed by atoms with van der Waals surface area (Å²) in [5, 5.41) is 0.975. The number of aromatic amines is 1. The summed E-state index contributed by atoms with van der Waals surface area (Å²) >= 11 is 0. The number of benzene rings is 1. The predicted octanol–water partition coefficient (Wildman–Crippen LogP) is 1.33. The average molecular weight is 358 g/mol. The number of amides is 2. The summed E-state index contributed by atoms with van der Waals surface area (Å²) in [4.78, 5) is 34.1. The molecule has 3 rings (SSSR count). The number of nitrogens with zero attached hydrogens (tertiary/aromatic N) is 3. The van der Waals surface area contributed by atoms with Gasteiger partial charge in [-0.15, -0.1) is 0 Å². The topological polar surface area (TPSA) is 68.9 Å². The fraction of sp³-hybridized carbons (Fsp3) is 0.474. The first-order chi connectivity index (χ1) is 12.3. The molecule has 2 heterocycles. The van der Waals surface area contributed by atoms with Gasteiger partial charge in [-0.3, -0.25) is 14.5 Å². The molecule has 0 aliphatic carbocycles. The first-order valence-corrected chi connectivity index (χ1v) is 8.71. The number of hydrogen-bond acceptors (Lipinski definition) is 4. The van der Waals surface area contributed by atoms with Gasteiger partial charge in [0, 0.05) is 39.1 Å². The first-order valence-electron chi connectivity index (χ1n) is 8.71. The molecule has 1 aliphatic rings. The molecule has 0 unspecified atom stereocenters. The number of aryl methyl sites for hydroxylation is 1. The molecule has 0 spiro atoms. The third-order valence-corrected chi connectivity index (χ3v) is 5.15. The van der Waals surface area contributed by atoms with Crippen molar-refractivity contribution in [2.24, 2.45) is 0 Å². The van der Waals surface area contributed by atoms with E-state index in [0.717, 1.165) is 16.5 Å². The van der Waals surface area contributed by atoms with Crippen LogP contribution in [0.1, 0.15) is 16.1 Å². The van der Waals surface area contributed by atoms with Crippen LogP contribution in [0.2, 0.25) is 0 Å². The number of aromatic nitrogens is 1. The van der Waals surface area contributed by atoms with Crippen LogP contribution in [0.3, 0.4) is 0 Å². The lowest BCUT2D eigenvalue weighted by molar-refractivity contribution is -0.135. The number of H-pyrrole nitrogens is 1. The maximum absolute atomic E-state index is 13.1. The molecule has 1 saturated heterocycles. The molecule has 0 radical (unpaired) electrons. The third-order valence-electron chi connectivity index (χ3n) is 5.15. The van der Waals surface area contributed by atoms with E-state index in [1.165, 1.54) is 0 Å². The van der Waals surface area contributed by atoms with Crippen molar-refractivity contribution in [3.8, 4) is 5.75 Å². The van der Waals surface area contributed by atoms with Gasteiger partial charge in [0.1, 0.15) is 17.5 Å². The summed E-state index contributed by atoms with van der Waals surface area (Å²) in [6, 6.07) is 5.44. The molecule has 140 valence electrons. The molecule has 0 bridgehead atoms. The highest BCUT2D eigenvalue weighted by atomic mass is 16.5. The zero-order valence-electron chi connectivity index (χ0n) is 16.0. The molecule has 1 aromatic heterocycles. The van der Waals surface area contributed by atoms with Crippen LogP contribution in [0.15, 0.2) is 18.2 Å². The largest absolute Gasteiger partial charge is 0.495 e. The molecule has 2 aromatic rings. The highest BCUT2D eigenvalue weighted by Gasteiger charge is 2.34. The molecule has 26 heavy (non-hydrogen) atoms. The molecule has 1 atom stereocenters. The number of ether oxygens (including phenoxy) is 1. The summed E-state index contributed by atoms with van der Waals surface area (Å²) in [5.41, 5.74) is 2.29. The number of piperazine rings is 1. The molecule has 1 aromatic carbocycles. The number of likely N-dealkylation sites (N-methyl/N-ethyl adjacent to an activating group) is 2. The van der Waals surface area contributed by atoms with Crippen molar-refractivity contribution in [1.29, 1.82) is 0 Å². The normalized spacial score (nSPS) is 18.2. The standard InChI is InChI=1S/C19H26N4O3/c1-12-13-7-6-8-15(26-5)17(13)20-16(12)19(25)23-10-9-22(4)14(11-23)18(24)21(2)3/h6-8,14,20H,9-11H2,1-5H3/t14-/m0/s1. The zero-order valence-corrected chi connectivity index (χ0v) is 16.0. The number of rotatable bonds is 3. The Hall–Kier alpha value is -2.54. The van der Waals surface area contributed by atoms with E-state index < -0.39 is 0 Å². The SMILES string of the molecule is COc1cccc2c(C)c(C(=O)N3CCN(C)[C@H](C(=O)N(C)C)C3)[nH]c12. The van der Waals surface area contributed by atoms with Crippen LogP contribution < -0.4 is 4.74 Å². The van der Waals surface area contributed by atoms with Crippen LogP contribution in [-0.4, -0.2) is 85.4 Å². The van der Waals surface area contributed by atoms with Gasteiger partial charge in [0.2, 0.25) is 5.91 Å². The summed E-state index contributed by atoms with van der Waals surface area (Å²) < 4.78 is 5.40. The van der Waals surface area contributed by atoms with E-state index in [1.54, 1.807) is 31.0 Å². The van der Waals surface area contributed by atoms with Gasteiger partial charge in [-0.25, -0.2) is 0 Å². The minimum Gasteiger partial charge on any atom is -0.495 e. The van der Waals surface area contributed by atoms with E-state index in [4.69, 9.17) is 4.74 Å². The Balaban J connectivity index is 1.91. The van der Waals surface area contributed by atoms with Crippen LogP contribution in [-0.2, 0) is 4.79 Å². The number of carbonyl (C=O) groups is 2. The Labute approximate surface area is 153 Å². The van der Waals surface area contributed by atoms with E-state index in [9.17, 15) is 9.59 Å². The van der Waals surface area contributed by atoms with Crippen molar-refractivity contribution in [1.82, 2.24) is 19.7 Å². The van der Waals surface area contributed by atoms with Gasteiger partial charge in [0.15, 0.2) is 0 Å². The Bertz CT molecular complexity index is 843. The number of nitrogens with one attached hydrogen (secondary N) is 1. The summed E-state index contributed by atoms with van der Waals surface area (Å²) in [5.74, 6) is 0.647. The molecule has 1 N–H and O–H groups in total. The molecular formula is C19H26N4O3. The van der Waals surface area contributed by atoms with Gasteiger partial charge >= 0.3 is 0 Å². The predicted molar refractivity (Wildman–Crippen MR) is 101 cm³/mol. The average Bonchev–Trinajstić information content (AvgIpc) is 2.97. The maximum Gasteiger partial charge on any atom is 0.270 e. The van der Waals surface area contributed by atoms with Crippen LogP contribution in [0.25, 0.3) is 10.9 Å². The number of fused-ring (bicyclic) bond motifs is 1. The Morgan fingerprint density at radius 3 is 2.65 bits per heavy atom. The molecule has 7 nitrogen and oxygen atoms in total. The van der Waals surface area contributed by atoms with Crippen LogP contribution in [0.4, 0.5) is 0 Å². The number of hydrogen-bond donors (Lipinski definition) is 1. The van der Waals surface area contributed by atoms with Crippen molar-refractivity contribution in [3.63, 3.8) is 0 Å². The molecule has 1 fully saturated rings. The summed E-state index contributed by atoms with van der Waals surface area (Å²) in [6.07, 6.45) is 0. The Morgan fingerprint density at radius 1 is 1.27 bits per heavy atom. The number of carbonyl (C=O) groups excluding carboxylic acids is 2. The Kier molecular flexibility index (Phi) is 4.91.